The smallest absolute Gasteiger partial charge is 0.258 e. The largest absolute Gasteiger partial charge is 0.289 e. The van der Waals surface area contributed by atoms with E-state index in [0.29, 0.717) is 6.54 Å². The number of nitro groups is 1. The Morgan fingerprint density at radius 1 is 1.08 bits per heavy atom. The van der Waals surface area contributed by atoms with Gasteiger partial charge in [-0.05, 0) is 17.2 Å². The van der Waals surface area contributed by atoms with Crippen LogP contribution in [-0.4, -0.2) is 28.1 Å². The number of sulfonamides is 1. The number of nitrogens with one attached hydrogen (secondary N) is 1. The minimum Gasteiger partial charge on any atom is -0.258 e. The summed E-state index contributed by atoms with van der Waals surface area (Å²) in [5.74, 6) is 0. The van der Waals surface area contributed by atoms with E-state index in [0.717, 1.165) is 17.2 Å². The first-order valence-electron chi connectivity index (χ1n) is 7.59. The zero-order chi connectivity index (χ0) is 18.6. The summed E-state index contributed by atoms with van der Waals surface area (Å²) in [4.78, 5) is 13.9. The number of hydrogen-bond donors (Lipinski definition) is 1. The topological polar surface area (TPSA) is 120 Å². The highest BCUT2D eigenvalue weighted by Crippen LogP contribution is 2.23. The van der Waals surface area contributed by atoms with Gasteiger partial charge in [0.15, 0.2) is 4.90 Å². The quantitative estimate of drug-likeness (QED) is 0.497. The van der Waals surface area contributed by atoms with Gasteiger partial charge in [-0.25, -0.2) is 22.8 Å². The van der Waals surface area contributed by atoms with E-state index in [-0.39, 0.29) is 11.4 Å². The summed E-state index contributed by atoms with van der Waals surface area (Å²) in [6.45, 7) is 0.433. The summed E-state index contributed by atoms with van der Waals surface area (Å²) in [7, 11) is -4.04. The highest BCUT2D eigenvalue weighted by atomic mass is 32.2. The van der Waals surface area contributed by atoms with E-state index in [4.69, 9.17) is 0 Å². The van der Waals surface area contributed by atoms with Crippen LogP contribution in [0, 0.1) is 10.1 Å². The van der Waals surface area contributed by atoms with Gasteiger partial charge in [0.25, 0.3) is 5.69 Å². The summed E-state index contributed by atoms with van der Waals surface area (Å²) in [5, 5.41) is 15.1. The maximum Gasteiger partial charge on any atom is 0.289 e. The van der Waals surface area contributed by atoms with Crippen LogP contribution in [0.4, 0.5) is 5.69 Å². The standard InChI is InChI=1S/C16H15N5O4S/c22-21(23)15-7-3-4-8-16(15)26(24,25)19-9-13-5-1-2-6-14(13)10-20-12-17-11-18-20/h1-8,11-12,19H,9-10H2. The van der Waals surface area contributed by atoms with E-state index in [1.54, 1.807) is 23.1 Å². The maximum atomic E-state index is 12.5. The Balaban J connectivity index is 1.82. The normalized spacial score (nSPS) is 11.4. The fraction of sp³-hybridized carbons (Fsp3) is 0.125. The minimum absolute atomic E-state index is 0.000742. The fourth-order valence-electron chi connectivity index (χ4n) is 2.46. The lowest BCUT2D eigenvalue weighted by molar-refractivity contribution is -0.387. The Hall–Kier alpha value is -3.11. The molecule has 9 nitrogen and oxygen atoms in total. The molecule has 3 rings (SSSR count). The van der Waals surface area contributed by atoms with Gasteiger partial charge < -0.3 is 0 Å². The molecule has 0 unspecified atom stereocenters. The molecule has 3 aromatic rings. The third-order valence-electron chi connectivity index (χ3n) is 3.72. The summed E-state index contributed by atoms with van der Waals surface area (Å²) in [5.41, 5.74) is 1.14. The number of benzene rings is 2. The second kappa shape index (κ2) is 7.42. The van der Waals surface area contributed by atoms with Crippen molar-refractivity contribution in [3.05, 3.63) is 82.4 Å². The summed E-state index contributed by atoms with van der Waals surface area (Å²) < 4.78 is 29.1. The van der Waals surface area contributed by atoms with Gasteiger partial charge in [0.2, 0.25) is 10.0 Å². The van der Waals surface area contributed by atoms with E-state index < -0.39 is 20.6 Å². The molecule has 0 aliphatic carbocycles. The van der Waals surface area contributed by atoms with Crippen molar-refractivity contribution in [2.45, 2.75) is 18.0 Å². The van der Waals surface area contributed by atoms with Crippen molar-refractivity contribution < 1.29 is 13.3 Å². The van der Waals surface area contributed by atoms with Gasteiger partial charge in [-0.15, -0.1) is 0 Å². The molecule has 26 heavy (non-hydrogen) atoms. The third kappa shape index (κ3) is 3.92. The maximum absolute atomic E-state index is 12.5. The Bertz CT molecular complexity index is 1020. The number of rotatable bonds is 7. The Morgan fingerprint density at radius 3 is 2.46 bits per heavy atom. The van der Waals surface area contributed by atoms with Gasteiger partial charge in [-0.2, -0.15) is 5.10 Å². The number of hydrogen-bond acceptors (Lipinski definition) is 6. The van der Waals surface area contributed by atoms with E-state index >= 15 is 0 Å². The molecule has 0 aliphatic heterocycles. The van der Waals surface area contributed by atoms with Crippen molar-refractivity contribution in [3.8, 4) is 0 Å². The summed E-state index contributed by atoms with van der Waals surface area (Å²) in [6.07, 6.45) is 2.98. The molecule has 134 valence electrons. The molecule has 0 aliphatic rings. The molecule has 1 aromatic heterocycles. The first kappa shape index (κ1) is 17.7. The van der Waals surface area contributed by atoms with Gasteiger partial charge in [0.1, 0.15) is 12.7 Å². The molecular formula is C16H15N5O4S. The second-order valence-corrected chi connectivity index (χ2v) is 7.15. The van der Waals surface area contributed by atoms with Crippen LogP contribution in [0.1, 0.15) is 11.1 Å². The van der Waals surface area contributed by atoms with Crippen LogP contribution in [0.2, 0.25) is 0 Å². The number of aromatic nitrogens is 3. The predicted molar refractivity (Wildman–Crippen MR) is 92.7 cm³/mol. The number of nitrogens with zero attached hydrogens (tertiary/aromatic N) is 4. The van der Waals surface area contributed by atoms with Crippen molar-refractivity contribution in [2.75, 3.05) is 0 Å². The molecule has 0 amide bonds. The lowest BCUT2D eigenvalue weighted by atomic mass is 10.1. The van der Waals surface area contributed by atoms with E-state index in [1.807, 2.05) is 12.1 Å². The SMILES string of the molecule is O=[N+]([O-])c1ccccc1S(=O)(=O)NCc1ccccc1Cn1cncn1. The molecule has 0 spiro atoms. The molecule has 10 heteroatoms. The average Bonchev–Trinajstić information content (AvgIpc) is 3.14. The van der Waals surface area contributed by atoms with Crippen LogP contribution in [0.15, 0.2) is 66.1 Å². The fourth-order valence-corrected chi connectivity index (χ4v) is 3.64. The van der Waals surface area contributed by atoms with Gasteiger partial charge in [0, 0.05) is 12.6 Å². The monoisotopic (exact) mass is 373 g/mol. The van der Waals surface area contributed by atoms with Crippen molar-refractivity contribution in [1.29, 1.82) is 0 Å². The van der Waals surface area contributed by atoms with Crippen LogP contribution < -0.4 is 4.72 Å². The van der Waals surface area contributed by atoms with Crippen LogP contribution in [0.5, 0.6) is 0 Å². The first-order valence-corrected chi connectivity index (χ1v) is 9.08. The molecule has 0 saturated carbocycles. The van der Waals surface area contributed by atoms with Gasteiger partial charge in [-0.3, -0.25) is 10.1 Å². The molecule has 0 atom stereocenters. The van der Waals surface area contributed by atoms with Crippen LogP contribution in [0.25, 0.3) is 0 Å². The molecule has 1 heterocycles. The van der Waals surface area contributed by atoms with Crippen molar-refractivity contribution in [3.63, 3.8) is 0 Å². The zero-order valence-corrected chi connectivity index (χ0v) is 14.3. The Kier molecular flexibility index (Phi) is 5.05. The number of para-hydroxylation sites is 1. The van der Waals surface area contributed by atoms with E-state index in [2.05, 4.69) is 14.8 Å². The predicted octanol–water partition coefficient (Wildman–Crippen LogP) is 1.71. The van der Waals surface area contributed by atoms with Crippen molar-refractivity contribution in [1.82, 2.24) is 19.5 Å². The Labute approximate surface area is 149 Å². The molecule has 0 radical (unpaired) electrons. The number of nitro benzene ring substituents is 1. The van der Waals surface area contributed by atoms with Crippen LogP contribution >= 0.6 is 0 Å². The lowest BCUT2D eigenvalue weighted by Crippen LogP contribution is -2.24. The Morgan fingerprint density at radius 2 is 1.77 bits per heavy atom. The third-order valence-corrected chi connectivity index (χ3v) is 5.17. The molecular weight excluding hydrogens is 358 g/mol. The van der Waals surface area contributed by atoms with E-state index in [1.165, 1.54) is 24.5 Å². The first-order chi connectivity index (χ1) is 12.5. The summed E-state index contributed by atoms with van der Waals surface area (Å²) in [6, 6.07) is 12.5. The second-order valence-electron chi connectivity index (χ2n) is 5.41. The van der Waals surface area contributed by atoms with E-state index in [9.17, 15) is 18.5 Å². The van der Waals surface area contributed by atoms with Gasteiger partial charge >= 0.3 is 0 Å². The van der Waals surface area contributed by atoms with Crippen LogP contribution in [-0.2, 0) is 23.1 Å². The van der Waals surface area contributed by atoms with Crippen molar-refractivity contribution in [2.24, 2.45) is 0 Å². The van der Waals surface area contributed by atoms with Gasteiger partial charge in [-0.1, -0.05) is 36.4 Å². The summed E-state index contributed by atoms with van der Waals surface area (Å²) >= 11 is 0. The average molecular weight is 373 g/mol. The molecule has 0 saturated heterocycles. The molecule has 0 fully saturated rings. The highest BCUT2D eigenvalue weighted by molar-refractivity contribution is 7.89. The van der Waals surface area contributed by atoms with Crippen LogP contribution in [0.3, 0.4) is 0 Å². The lowest BCUT2D eigenvalue weighted by Gasteiger charge is -2.11. The molecule has 2 aromatic carbocycles. The van der Waals surface area contributed by atoms with Crippen molar-refractivity contribution >= 4 is 15.7 Å². The highest BCUT2D eigenvalue weighted by Gasteiger charge is 2.24. The van der Waals surface area contributed by atoms with Gasteiger partial charge in [0.05, 0.1) is 11.5 Å². The minimum atomic E-state index is -4.04. The molecule has 0 bridgehead atoms. The molecule has 1 N–H and O–H groups in total. The zero-order valence-electron chi connectivity index (χ0n) is 13.5.